The van der Waals surface area contributed by atoms with Crippen LogP contribution in [-0.4, -0.2) is 18.8 Å². The Balaban J connectivity index is 2.31. The highest BCUT2D eigenvalue weighted by Crippen LogP contribution is 2.32. The van der Waals surface area contributed by atoms with Gasteiger partial charge in [0.25, 0.3) is 0 Å². The van der Waals surface area contributed by atoms with E-state index in [1.807, 2.05) is 6.92 Å². The van der Waals surface area contributed by atoms with Gasteiger partial charge in [0.05, 0.1) is 13.7 Å². The van der Waals surface area contributed by atoms with Gasteiger partial charge in [0.2, 0.25) is 0 Å². The maximum Gasteiger partial charge on any atom is 0.165 e. The zero-order valence-corrected chi connectivity index (χ0v) is 13.4. The number of hydrogen-bond donors (Lipinski definition) is 1. The summed E-state index contributed by atoms with van der Waals surface area (Å²) in [6.45, 7) is 2.47. The van der Waals surface area contributed by atoms with Crippen LogP contribution >= 0.6 is 15.9 Å². The van der Waals surface area contributed by atoms with Crippen molar-refractivity contribution in [2.24, 2.45) is 0 Å². The maximum atomic E-state index is 13.7. The van der Waals surface area contributed by atoms with Crippen LogP contribution in [0.1, 0.15) is 24.2 Å². The molecular formula is C16H16BrFO3. The van der Waals surface area contributed by atoms with Crippen LogP contribution in [0.25, 0.3) is 0 Å². The van der Waals surface area contributed by atoms with Gasteiger partial charge in [0, 0.05) is 4.47 Å². The van der Waals surface area contributed by atoms with Crippen LogP contribution in [0.5, 0.6) is 11.5 Å². The number of rotatable bonds is 5. The summed E-state index contributed by atoms with van der Waals surface area (Å²) in [5.74, 6) is 0.356. The molecule has 21 heavy (non-hydrogen) atoms. The highest BCUT2D eigenvalue weighted by Gasteiger charge is 2.16. The monoisotopic (exact) mass is 354 g/mol. The first-order valence-electron chi connectivity index (χ1n) is 6.50. The lowest BCUT2D eigenvalue weighted by molar-refractivity contribution is 0.218. The Labute approximate surface area is 131 Å². The summed E-state index contributed by atoms with van der Waals surface area (Å²) in [5, 5.41) is 10.4. The standard InChI is InChI=1S/C16H16BrFO3/c1-3-21-11-5-6-12(13(17)9-11)16(19)10-4-7-15(20-2)14(18)8-10/h4-9,16,19H,3H2,1-2H3. The van der Waals surface area contributed by atoms with Crippen molar-refractivity contribution < 1.29 is 19.0 Å². The number of benzene rings is 2. The average Bonchev–Trinajstić information content (AvgIpc) is 2.47. The van der Waals surface area contributed by atoms with Gasteiger partial charge >= 0.3 is 0 Å². The third-order valence-corrected chi connectivity index (χ3v) is 3.76. The second kappa shape index (κ2) is 6.91. The van der Waals surface area contributed by atoms with Gasteiger partial charge in [0.1, 0.15) is 11.9 Å². The molecule has 1 N–H and O–H groups in total. The van der Waals surface area contributed by atoms with Crippen LogP contribution in [0.4, 0.5) is 4.39 Å². The Morgan fingerprint density at radius 3 is 2.57 bits per heavy atom. The van der Waals surface area contributed by atoms with E-state index in [-0.39, 0.29) is 5.75 Å². The van der Waals surface area contributed by atoms with Crippen LogP contribution in [0.15, 0.2) is 40.9 Å². The summed E-state index contributed by atoms with van der Waals surface area (Å²) < 4.78 is 24.7. The Kier molecular flexibility index (Phi) is 5.20. The molecule has 0 amide bonds. The zero-order chi connectivity index (χ0) is 15.4. The van der Waals surface area contributed by atoms with Crippen LogP contribution in [0, 0.1) is 5.82 Å². The van der Waals surface area contributed by atoms with Crippen LogP contribution in [0.3, 0.4) is 0 Å². The smallest absolute Gasteiger partial charge is 0.165 e. The third kappa shape index (κ3) is 3.54. The minimum atomic E-state index is -0.935. The van der Waals surface area contributed by atoms with Crippen molar-refractivity contribution >= 4 is 15.9 Å². The molecule has 0 radical (unpaired) electrons. The fourth-order valence-corrected chi connectivity index (χ4v) is 2.59. The van der Waals surface area contributed by atoms with Gasteiger partial charge in [-0.25, -0.2) is 4.39 Å². The summed E-state index contributed by atoms with van der Waals surface area (Å²) in [6.07, 6.45) is -0.935. The Hall–Kier alpha value is -1.59. The molecule has 5 heteroatoms. The number of aliphatic hydroxyl groups is 1. The molecule has 0 bridgehead atoms. The summed E-state index contributed by atoms with van der Waals surface area (Å²) in [4.78, 5) is 0. The highest BCUT2D eigenvalue weighted by atomic mass is 79.9. The molecule has 2 aromatic rings. The second-order valence-corrected chi connectivity index (χ2v) is 5.27. The molecule has 1 atom stereocenters. The Morgan fingerprint density at radius 1 is 1.24 bits per heavy atom. The lowest BCUT2D eigenvalue weighted by Crippen LogP contribution is -2.02. The number of hydrogen-bond acceptors (Lipinski definition) is 3. The van der Waals surface area contributed by atoms with Crippen LogP contribution in [0.2, 0.25) is 0 Å². The molecule has 0 aliphatic rings. The van der Waals surface area contributed by atoms with Crippen molar-refractivity contribution in [2.45, 2.75) is 13.0 Å². The van der Waals surface area contributed by atoms with Crippen molar-refractivity contribution in [3.8, 4) is 11.5 Å². The predicted octanol–water partition coefficient (Wildman–Crippen LogP) is 4.08. The van der Waals surface area contributed by atoms with Gasteiger partial charge in [-0.2, -0.15) is 0 Å². The van der Waals surface area contributed by atoms with E-state index >= 15 is 0 Å². The summed E-state index contributed by atoms with van der Waals surface area (Å²) >= 11 is 3.40. The van der Waals surface area contributed by atoms with E-state index in [0.29, 0.717) is 28.0 Å². The molecule has 2 aromatic carbocycles. The number of methoxy groups -OCH3 is 1. The van der Waals surface area contributed by atoms with Crippen molar-refractivity contribution in [1.82, 2.24) is 0 Å². The van der Waals surface area contributed by atoms with Gasteiger partial charge in [-0.15, -0.1) is 0 Å². The van der Waals surface area contributed by atoms with Crippen LogP contribution < -0.4 is 9.47 Å². The molecule has 0 saturated carbocycles. The van der Waals surface area contributed by atoms with E-state index in [0.717, 1.165) is 0 Å². The van der Waals surface area contributed by atoms with Crippen molar-refractivity contribution in [2.75, 3.05) is 13.7 Å². The summed E-state index contributed by atoms with van der Waals surface area (Å²) in [6, 6.07) is 9.70. The van der Waals surface area contributed by atoms with E-state index in [1.54, 1.807) is 24.3 Å². The van der Waals surface area contributed by atoms with Gasteiger partial charge < -0.3 is 14.6 Å². The highest BCUT2D eigenvalue weighted by molar-refractivity contribution is 9.10. The molecule has 1 unspecified atom stereocenters. The van der Waals surface area contributed by atoms with Gasteiger partial charge in [0.15, 0.2) is 11.6 Å². The molecule has 0 aromatic heterocycles. The molecule has 112 valence electrons. The van der Waals surface area contributed by atoms with E-state index in [1.165, 1.54) is 19.2 Å². The minimum Gasteiger partial charge on any atom is -0.494 e. The first kappa shape index (κ1) is 15.8. The van der Waals surface area contributed by atoms with Crippen LogP contribution in [-0.2, 0) is 0 Å². The molecule has 0 spiro atoms. The second-order valence-electron chi connectivity index (χ2n) is 4.41. The molecular weight excluding hydrogens is 339 g/mol. The van der Waals surface area contributed by atoms with E-state index in [4.69, 9.17) is 9.47 Å². The maximum absolute atomic E-state index is 13.7. The SMILES string of the molecule is CCOc1ccc(C(O)c2ccc(OC)c(F)c2)c(Br)c1. The predicted molar refractivity (Wildman–Crippen MR) is 82.3 cm³/mol. The van der Waals surface area contributed by atoms with Crippen molar-refractivity contribution in [3.63, 3.8) is 0 Å². The molecule has 0 aliphatic carbocycles. The quantitative estimate of drug-likeness (QED) is 0.879. The lowest BCUT2D eigenvalue weighted by atomic mass is 10.0. The largest absolute Gasteiger partial charge is 0.494 e. The number of aliphatic hydroxyl groups excluding tert-OH is 1. The molecule has 3 nitrogen and oxygen atoms in total. The molecule has 2 rings (SSSR count). The topological polar surface area (TPSA) is 38.7 Å². The van der Waals surface area contributed by atoms with Gasteiger partial charge in [-0.1, -0.05) is 28.1 Å². The van der Waals surface area contributed by atoms with Crippen molar-refractivity contribution in [1.29, 1.82) is 0 Å². The number of halogens is 2. The average molecular weight is 355 g/mol. The molecule has 0 heterocycles. The first-order valence-corrected chi connectivity index (χ1v) is 7.29. The fourth-order valence-electron chi connectivity index (χ4n) is 2.02. The lowest BCUT2D eigenvalue weighted by Gasteiger charge is -2.15. The van der Waals surface area contributed by atoms with E-state index in [9.17, 15) is 9.50 Å². The fraction of sp³-hybridized carbons (Fsp3) is 0.250. The normalized spacial score (nSPS) is 12.0. The molecule has 0 saturated heterocycles. The minimum absolute atomic E-state index is 0.150. The van der Waals surface area contributed by atoms with Gasteiger partial charge in [-0.3, -0.25) is 0 Å². The van der Waals surface area contributed by atoms with Gasteiger partial charge in [-0.05, 0) is 42.3 Å². The molecule has 0 fully saturated rings. The first-order chi connectivity index (χ1) is 10.1. The summed E-state index contributed by atoms with van der Waals surface area (Å²) in [7, 11) is 1.40. The van der Waals surface area contributed by atoms with E-state index in [2.05, 4.69) is 15.9 Å². The van der Waals surface area contributed by atoms with E-state index < -0.39 is 11.9 Å². The van der Waals surface area contributed by atoms with Crippen molar-refractivity contribution in [3.05, 3.63) is 57.8 Å². The zero-order valence-electron chi connectivity index (χ0n) is 11.8. The number of ether oxygens (including phenoxy) is 2. The third-order valence-electron chi connectivity index (χ3n) is 3.07. The molecule has 0 aliphatic heterocycles. The summed E-state index contributed by atoms with van der Waals surface area (Å²) in [5.41, 5.74) is 1.10. The Morgan fingerprint density at radius 2 is 2.00 bits per heavy atom. The Bertz CT molecular complexity index is 631.